The number of H-pyrrole nitrogens is 1. The molecule has 0 aliphatic rings. The highest BCUT2D eigenvalue weighted by molar-refractivity contribution is 7.95. The molecule has 162 valence electrons. The highest BCUT2D eigenvalue weighted by Crippen LogP contribution is 2.58. The molecule has 0 bridgehead atoms. The zero-order valence-electron chi connectivity index (χ0n) is 18.2. The van der Waals surface area contributed by atoms with Gasteiger partial charge in [0.2, 0.25) is 0 Å². The molecular formula is C29H24BrN2P. The minimum Gasteiger partial charge on any atom is -1.00 e. The molecule has 4 aromatic carbocycles. The lowest BCUT2D eigenvalue weighted by molar-refractivity contribution is -0.00000656. The number of hydrogen-bond donors (Lipinski definition) is 1. The van der Waals surface area contributed by atoms with Crippen LogP contribution in [0.2, 0.25) is 0 Å². The van der Waals surface area contributed by atoms with Gasteiger partial charge in [0.25, 0.3) is 0 Å². The van der Waals surface area contributed by atoms with Gasteiger partial charge in [-0.2, -0.15) is 5.26 Å². The molecule has 0 fully saturated rings. The van der Waals surface area contributed by atoms with Crippen molar-refractivity contribution in [2.24, 2.45) is 0 Å². The molecule has 5 rings (SSSR count). The molecule has 33 heavy (non-hydrogen) atoms. The molecule has 4 heteroatoms. The highest BCUT2D eigenvalue weighted by atomic mass is 79.9. The molecule has 0 atom stereocenters. The van der Waals surface area contributed by atoms with Crippen LogP contribution in [0.4, 0.5) is 0 Å². The summed E-state index contributed by atoms with van der Waals surface area (Å²) in [6.07, 6.45) is 1.35. The lowest BCUT2D eigenvalue weighted by Crippen LogP contribution is -3.00. The van der Waals surface area contributed by atoms with Crippen LogP contribution < -0.4 is 32.9 Å². The first-order valence-electron chi connectivity index (χ1n) is 10.8. The van der Waals surface area contributed by atoms with E-state index < -0.39 is 7.26 Å². The van der Waals surface area contributed by atoms with Crippen LogP contribution in [0.3, 0.4) is 0 Å². The first-order chi connectivity index (χ1) is 15.8. The lowest BCUT2D eigenvalue weighted by atomic mass is 10.1. The predicted molar refractivity (Wildman–Crippen MR) is 136 cm³/mol. The van der Waals surface area contributed by atoms with Crippen molar-refractivity contribution in [1.29, 1.82) is 5.26 Å². The van der Waals surface area contributed by atoms with Gasteiger partial charge in [-0.15, -0.1) is 0 Å². The zero-order chi connectivity index (χ0) is 21.8. The highest BCUT2D eigenvalue weighted by Gasteiger charge is 2.45. The number of hydrogen-bond acceptors (Lipinski definition) is 1. The molecule has 2 nitrogen and oxygen atoms in total. The Kier molecular flexibility index (Phi) is 7.09. The maximum Gasteiger partial charge on any atom is 0.118 e. The summed E-state index contributed by atoms with van der Waals surface area (Å²) in [7, 11) is -1.94. The Hall–Kier alpha value is -3.18. The Labute approximate surface area is 206 Å². The number of aromatic amines is 1. The van der Waals surface area contributed by atoms with Gasteiger partial charge in [-0.3, -0.25) is 0 Å². The minimum absolute atomic E-state index is 0. The van der Waals surface area contributed by atoms with E-state index in [0.717, 1.165) is 17.2 Å². The van der Waals surface area contributed by atoms with Crippen molar-refractivity contribution in [2.75, 3.05) is 0 Å². The number of benzene rings is 4. The van der Waals surface area contributed by atoms with E-state index in [1.807, 2.05) is 6.07 Å². The molecule has 1 heterocycles. The third kappa shape index (κ3) is 4.51. The van der Waals surface area contributed by atoms with Crippen molar-refractivity contribution in [3.8, 4) is 6.07 Å². The third-order valence-electron chi connectivity index (χ3n) is 6.02. The van der Waals surface area contributed by atoms with Crippen molar-refractivity contribution in [3.05, 3.63) is 127 Å². The molecule has 0 saturated heterocycles. The second-order valence-electron chi connectivity index (χ2n) is 8.03. The summed E-state index contributed by atoms with van der Waals surface area (Å²) in [6, 6.07) is 43.6. The van der Waals surface area contributed by atoms with Crippen LogP contribution in [0.25, 0.3) is 10.9 Å². The van der Waals surface area contributed by atoms with Crippen molar-refractivity contribution in [1.82, 2.24) is 4.98 Å². The van der Waals surface area contributed by atoms with E-state index in [2.05, 4.69) is 120 Å². The van der Waals surface area contributed by atoms with Gasteiger partial charge < -0.3 is 22.0 Å². The molecule has 1 aromatic heterocycles. The Bertz CT molecular complexity index is 1280. The van der Waals surface area contributed by atoms with Gasteiger partial charge in [-0.25, -0.2) is 0 Å². The van der Waals surface area contributed by atoms with Crippen LogP contribution in [-0.4, -0.2) is 4.98 Å². The third-order valence-corrected chi connectivity index (χ3v) is 10.4. The Morgan fingerprint density at radius 3 is 1.67 bits per heavy atom. The molecule has 0 aliphatic heterocycles. The van der Waals surface area contributed by atoms with E-state index in [4.69, 9.17) is 5.26 Å². The van der Waals surface area contributed by atoms with E-state index >= 15 is 0 Å². The fourth-order valence-corrected chi connectivity index (χ4v) is 8.72. The summed E-state index contributed by atoms with van der Waals surface area (Å²) in [5.74, 6) is 0. The average Bonchev–Trinajstić information content (AvgIpc) is 3.26. The second kappa shape index (κ2) is 10.2. The monoisotopic (exact) mass is 510 g/mol. The molecule has 0 radical (unpaired) electrons. The van der Waals surface area contributed by atoms with E-state index in [9.17, 15) is 0 Å². The first-order valence-corrected chi connectivity index (χ1v) is 12.8. The minimum atomic E-state index is -1.94. The van der Waals surface area contributed by atoms with Crippen molar-refractivity contribution < 1.29 is 17.0 Å². The smallest absolute Gasteiger partial charge is 0.118 e. The first kappa shape index (κ1) is 23.0. The van der Waals surface area contributed by atoms with Crippen LogP contribution in [0.15, 0.2) is 115 Å². The number of nitrogens with zero attached hydrogens (tertiary/aromatic N) is 1. The zero-order valence-corrected chi connectivity index (χ0v) is 20.6. The fourth-order valence-electron chi connectivity index (χ4n) is 4.55. The van der Waals surface area contributed by atoms with Crippen molar-refractivity contribution in [3.63, 3.8) is 0 Å². The maximum atomic E-state index is 9.07. The fraction of sp³-hybridized carbons (Fsp3) is 0.0690. The Morgan fingerprint density at radius 1 is 0.667 bits per heavy atom. The standard InChI is InChI=1S/C29H24N2P.BrH/c30-19-18-23-16-17-29-24(20-23)21-25(31-29)22-32(26-10-4-1-5-11-26,27-12-6-2-7-13-27)28-14-8-3-9-15-28;/h1-17,20-21,31H,18,22H2;1H/q+1;/p-1. The normalized spacial score (nSPS) is 11.0. The van der Waals surface area contributed by atoms with Gasteiger partial charge in [0, 0.05) is 10.9 Å². The molecule has 0 aliphatic carbocycles. The van der Waals surface area contributed by atoms with Crippen molar-refractivity contribution >= 4 is 34.1 Å². The molecule has 0 unspecified atom stereocenters. The largest absolute Gasteiger partial charge is 1.00 e. The van der Waals surface area contributed by atoms with Crippen LogP contribution in [0.1, 0.15) is 11.3 Å². The summed E-state index contributed by atoms with van der Waals surface area (Å²) in [5, 5.41) is 14.4. The van der Waals surface area contributed by atoms with E-state index in [0.29, 0.717) is 6.42 Å². The van der Waals surface area contributed by atoms with Crippen LogP contribution >= 0.6 is 7.26 Å². The van der Waals surface area contributed by atoms with Gasteiger partial charge in [0.05, 0.1) is 18.2 Å². The Morgan fingerprint density at radius 2 is 1.18 bits per heavy atom. The number of nitrogens with one attached hydrogen (secondary N) is 1. The van der Waals surface area contributed by atoms with Gasteiger partial charge in [0.15, 0.2) is 0 Å². The van der Waals surface area contributed by atoms with Gasteiger partial charge in [-0.1, -0.05) is 60.7 Å². The summed E-state index contributed by atoms with van der Waals surface area (Å²) in [5.41, 5.74) is 3.40. The topological polar surface area (TPSA) is 39.6 Å². The number of nitriles is 1. The summed E-state index contributed by atoms with van der Waals surface area (Å²) >= 11 is 0. The quantitative estimate of drug-likeness (QED) is 0.350. The van der Waals surface area contributed by atoms with E-state index in [1.165, 1.54) is 27.0 Å². The SMILES string of the molecule is N#CCc1ccc2[nH]c(C[P+](c3ccccc3)(c3ccccc3)c3ccccc3)cc2c1.[Br-]. The Balaban J connectivity index is 0.00000259. The van der Waals surface area contributed by atoms with E-state index in [1.54, 1.807) is 0 Å². The molecule has 1 N–H and O–H groups in total. The van der Waals surface area contributed by atoms with E-state index in [-0.39, 0.29) is 17.0 Å². The van der Waals surface area contributed by atoms with Crippen LogP contribution in [0, 0.1) is 11.3 Å². The lowest BCUT2D eigenvalue weighted by Gasteiger charge is -2.27. The van der Waals surface area contributed by atoms with Crippen LogP contribution in [0.5, 0.6) is 0 Å². The molecule has 0 saturated carbocycles. The summed E-state index contributed by atoms with van der Waals surface area (Å²) in [6.45, 7) is 0. The average molecular weight is 511 g/mol. The number of rotatable bonds is 6. The van der Waals surface area contributed by atoms with Gasteiger partial charge in [-0.05, 0) is 60.2 Å². The molecule has 0 spiro atoms. The maximum absolute atomic E-state index is 9.07. The molecule has 0 amide bonds. The predicted octanol–water partition coefficient (Wildman–Crippen LogP) is 2.73. The second-order valence-corrected chi connectivity index (χ2v) is 11.5. The van der Waals surface area contributed by atoms with Crippen molar-refractivity contribution in [2.45, 2.75) is 12.6 Å². The molecule has 5 aromatic rings. The van der Waals surface area contributed by atoms with Crippen LogP contribution in [-0.2, 0) is 12.6 Å². The van der Waals surface area contributed by atoms with Gasteiger partial charge >= 0.3 is 0 Å². The number of fused-ring (bicyclic) bond motifs is 1. The summed E-state index contributed by atoms with van der Waals surface area (Å²) < 4.78 is 0. The van der Waals surface area contributed by atoms with Gasteiger partial charge in [0.1, 0.15) is 29.3 Å². The number of halogens is 1. The number of aromatic nitrogens is 1. The summed E-state index contributed by atoms with van der Waals surface area (Å²) in [4.78, 5) is 3.67. The molecular weight excluding hydrogens is 487 g/mol.